The van der Waals surface area contributed by atoms with Gasteiger partial charge in [-0.15, -0.1) is 0 Å². The van der Waals surface area contributed by atoms with Crippen molar-refractivity contribution in [3.63, 3.8) is 0 Å². The SMILES string of the molecule is C=C(CC=C(CCCC(F)(F)C(F)(F)C(F)(F)C(F)(F)C(F)(F)C(F)(F)C(F)(F)C(F)(F)F)C(=O)O)C(=O)OCCCCCCCCCCCCCCCCCC. The first-order valence-electron chi connectivity index (χ1n) is 18.4. The second-order valence-electron chi connectivity index (χ2n) is 13.8. The molecule has 0 spiro atoms. The van der Waals surface area contributed by atoms with Crippen LogP contribution in [-0.4, -0.2) is 71.3 Å². The number of hydrogen-bond donors (Lipinski definition) is 1. The van der Waals surface area contributed by atoms with Crippen LogP contribution in [0.25, 0.3) is 0 Å². The highest BCUT2D eigenvalue weighted by Gasteiger charge is 2.95. The number of unbranched alkanes of at least 4 members (excludes halogenated alkanes) is 15. The highest BCUT2D eigenvalue weighted by Crippen LogP contribution is 2.64. The lowest BCUT2D eigenvalue weighted by Gasteiger charge is -2.42. The number of hydrogen-bond acceptors (Lipinski definition) is 3. The van der Waals surface area contributed by atoms with Crippen LogP contribution in [0.3, 0.4) is 0 Å². The van der Waals surface area contributed by atoms with Gasteiger partial charge in [-0.2, -0.15) is 74.6 Å². The molecule has 4 nitrogen and oxygen atoms in total. The normalized spacial score (nSPS) is 14.2. The van der Waals surface area contributed by atoms with E-state index in [0.717, 1.165) is 38.5 Å². The Morgan fingerprint density at radius 1 is 0.526 bits per heavy atom. The highest BCUT2D eigenvalue weighted by atomic mass is 19.4. The molecule has 0 amide bonds. The van der Waals surface area contributed by atoms with Gasteiger partial charge in [-0.3, -0.25) is 0 Å². The van der Waals surface area contributed by atoms with E-state index in [4.69, 9.17) is 4.74 Å². The third-order valence-corrected chi connectivity index (χ3v) is 9.11. The highest BCUT2D eigenvalue weighted by molar-refractivity contribution is 5.89. The van der Waals surface area contributed by atoms with E-state index in [9.17, 15) is 89.3 Å². The molecule has 0 saturated heterocycles. The molecule has 0 aliphatic heterocycles. The Labute approximate surface area is 319 Å². The van der Waals surface area contributed by atoms with Crippen LogP contribution in [0.4, 0.5) is 74.6 Å². The maximum absolute atomic E-state index is 14.2. The van der Waals surface area contributed by atoms with Gasteiger partial charge in [0.1, 0.15) is 0 Å². The Balaban J connectivity index is 5.00. The largest absolute Gasteiger partial charge is 0.478 e. The number of ether oxygens (including phenoxy) is 1. The number of halogens is 17. The molecule has 0 saturated carbocycles. The van der Waals surface area contributed by atoms with Gasteiger partial charge in [-0.25, -0.2) is 9.59 Å². The molecular weight excluding hydrogens is 819 g/mol. The van der Waals surface area contributed by atoms with E-state index < -0.39 is 96.4 Å². The van der Waals surface area contributed by atoms with Crippen molar-refractivity contribution in [3.05, 3.63) is 23.8 Å². The second kappa shape index (κ2) is 22.6. The maximum Gasteiger partial charge on any atom is 0.460 e. The van der Waals surface area contributed by atoms with Crippen molar-refractivity contribution in [2.24, 2.45) is 0 Å². The lowest BCUT2D eigenvalue weighted by Crippen LogP contribution is -2.74. The van der Waals surface area contributed by atoms with Crippen LogP contribution in [0.5, 0.6) is 0 Å². The van der Waals surface area contributed by atoms with Crippen molar-refractivity contribution in [2.75, 3.05) is 6.61 Å². The summed E-state index contributed by atoms with van der Waals surface area (Å²) in [4.78, 5) is 23.6. The number of aliphatic carboxylic acids is 1. The zero-order chi connectivity index (χ0) is 44.6. The van der Waals surface area contributed by atoms with Gasteiger partial charge < -0.3 is 9.84 Å². The lowest BCUT2D eigenvalue weighted by molar-refractivity contribution is -0.461. The van der Waals surface area contributed by atoms with Gasteiger partial charge in [0.05, 0.1) is 6.61 Å². The minimum Gasteiger partial charge on any atom is -0.478 e. The summed E-state index contributed by atoms with van der Waals surface area (Å²) in [7, 11) is 0. The molecule has 0 aromatic heterocycles. The predicted molar refractivity (Wildman–Crippen MR) is 175 cm³/mol. The number of carboxylic acids is 1. The van der Waals surface area contributed by atoms with Gasteiger partial charge in [-0.1, -0.05) is 116 Å². The molecule has 0 atom stereocenters. The predicted octanol–water partition coefficient (Wildman–Crippen LogP) is 13.9. The molecule has 0 radical (unpaired) electrons. The smallest absolute Gasteiger partial charge is 0.460 e. The molecule has 0 heterocycles. The Morgan fingerprint density at radius 3 is 1.25 bits per heavy atom. The summed E-state index contributed by atoms with van der Waals surface area (Å²) < 4.78 is 234. The van der Waals surface area contributed by atoms with Crippen LogP contribution in [0.15, 0.2) is 23.8 Å². The van der Waals surface area contributed by atoms with E-state index in [2.05, 4.69) is 13.5 Å². The monoisotopic (exact) mass is 868 g/mol. The number of allylic oxidation sites excluding steroid dienone is 1. The Morgan fingerprint density at radius 2 is 0.877 bits per heavy atom. The molecule has 57 heavy (non-hydrogen) atoms. The van der Waals surface area contributed by atoms with E-state index in [1.54, 1.807) is 0 Å². The average Bonchev–Trinajstić information content (AvgIpc) is 3.09. The van der Waals surface area contributed by atoms with Crippen molar-refractivity contribution in [3.8, 4) is 0 Å². The summed E-state index contributed by atoms with van der Waals surface area (Å²) in [6.07, 6.45) is 4.05. The number of alkyl halides is 17. The number of carbonyl (C=O) groups excluding carboxylic acids is 1. The van der Waals surface area contributed by atoms with E-state index in [0.29, 0.717) is 12.5 Å². The number of carboxylic acid groups (broad SMARTS) is 1. The number of carbonyl (C=O) groups is 2. The van der Waals surface area contributed by atoms with Crippen LogP contribution >= 0.6 is 0 Å². The fraction of sp³-hybridized carbons (Fsp3) is 0.833. The first-order chi connectivity index (χ1) is 25.9. The van der Waals surface area contributed by atoms with Crippen molar-refractivity contribution in [1.29, 1.82) is 0 Å². The van der Waals surface area contributed by atoms with Crippen LogP contribution in [0.1, 0.15) is 135 Å². The Hall–Kier alpha value is -2.77. The fourth-order valence-corrected chi connectivity index (χ4v) is 5.40. The van der Waals surface area contributed by atoms with Gasteiger partial charge in [0.15, 0.2) is 0 Å². The van der Waals surface area contributed by atoms with Gasteiger partial charge >= 0.3 is 59.6 Å². The molecule has 0 aromatic carbocycles. The summed E-state index contributed by atoms with van der Waals surface area (Å²) in [6, 6.07) is 0. The summed E-state index contributed by atoms with van der Waals surface area (Å²) in [6.45, 7) is 5.47. The Kier molecular flexibility index (Phi) is 21.5. The van der Waals surface area contributed by atoms with E-state index in [-0.39, 0.29) is 6.61 Å². The van der Waals surface area contributed by atoms with Crippen molar-refractivity contribution < 1.29 is 94.1 Å². The Bertz CT molecular complexity index is 1280. The molecule has 0 aliphatic carbocycles. The third kappa shape index (κ3) is 14.2. The fourth-order valence-electron chi connectivity index (χ4n) is 5.40. The van der Waals surface area contributed by atoms with Crippen molar-refractivity contribution in [2.45, 2.75) is 183 Å². The first kappa shape index (κ1) is 54.2. The molecule has 21 heteroatoms. The van der Waals surface area contributed by atoms with Crippen LogP contribution in [0, 0.1) is 0 Å². The average molecular weight is 869 g/mol. The van der Waals surface area contributed by atoms with Gasteiger partial charge in [-0.05, 0) is 25.7 Å². The van der Waals surface area contributed by atoms with E-state index in [1.807, 2.05) is 0 Å². The van der Waals surface area contributed by atoms with Crippen molar-refractivity contribution in [1.82, 2.24) is 0 Å². The summed E-state index contributed by atoms with van der Waals surface area (Å²) in [5, 5.41) is 9.24. The number of esters is 1. The topological polar surface area (TPSA) is 63.6 Å². The van der Waals surface area contributed by atoms with Crippen LogP contribution in [0.2, 0.25) is 0 Å². The summed E-state index contributed by atoms with van der Waals surface area (Å²) in [5.41, 5.74) is -1.36. The molecule has 0 aliphatic rings. The summed E-state index contributed by atoms with van der Waals surface area (Å²) >= 11 is 0. The molecule has 336 valence electrons. The molecule has 0 unspecified atom stereocenters. The standard InChI is InChI=1S/C36H49F17O4/c1-3-4-5-6-7-8-9-10-11-12-13-14-15-16-17-18-24-57-28(56)25(2)21-22-26(27(54)55)20-19-23-29(37,38)30(39,40)31(41,42)32(43,44)33(45,46)34(47,48)35(49,50)36(51,52)53/h22H,2-21,23-24H2,1H3,(H,54,55). The number of rotatable bonds is 31. The zero-order valence-electron chi connectivity index (χ0n) is 31.2. The van der Waals surface area contributed by atoms with Gasteiger partial charge in [0.2, 0.25) is 0 Å². The van der Waals surface area contributed by atoms with Crippen LogP contribution in [-0.2, 0) is 14.3 Å². The summed E-state index contributed by atoms with van der Waals surface area (Å²) in [5.74, 6) is -60.1. The third-order valence-electron chi connectivity index (χ3n) is 9.11. The van der Waals surface area contributed by atoms with Crippen LogP contribution < -0.4 is 0 Å². The molecule has 1 N–H and O–H groups in total. The lowest BCUT2D eigenvalue weighted by atomic mass is 9.87. The van der Waals surface area contributed by atoms with Gasteiger partial charge in [0, 0.05) is 17.6 Å². The quantitative estimate of drug-likeness (QED) is 0.0326. The molecule has 0 fully saturated rings. The molecule has 0 aromatic rings. The van der Waals surface area contributed by atoms with E-state index in [1.165, 1.54) is 57.8 Å². The minimum absolute atomic E-state index is 0.0485. The second-order valence-corrected chi connectivity index (χ2v) is 13.8. The zero-order valence-corrected chi connectivity index (χ0v) is 31.2. The molecule has 0 bridgehead atoms. The maximum atomic E-state index is 14.2. The molecular formula is C36H49F17O4. The van der Waals surface area contributed by atoms with E-state index >= 15 is 0 Å². The molecule has 0 rings (SSSR count). The van der Waals surface area contributed by atoms with Crippen molar-refractivity contribution >= 4 is 11.9 Å². The minimum atomic E-state index is -8.73. The van der Waals surface area contributed by atoms with Gasteiger partial charge in [0.25, 0.3) is 0 Å². The first-order valence-corrected chi connectivity index (χ1v) is 18.4.